The monoisotopic (exact) mass is 220 g/mol. The molecule has 16 heavy (non-hydrogen) atoms. The van der Waals surface area contributed by atoms with Crippen molar-refractivity contribution in [3.63, 3.8) is 0 Å². The van der Waals surface area contributed by atoms with Crippen molar-refractivity contribution in [1.82, 2.24) is 20.2 Å². The Morgan fingerprint density at radius 3 is 2.69 bits per heavy atom. The van der Waals surface area contributed by atoms with Gasteiger partial charge in [-0.25, -0.2) is 9.97 Å². The van der Waals surface area contributed by atoms with Gasteiger partial charge in [0.05, 0.1) is 0 Å². The van der Waals surface area contributed by atoms with Crippen molar-refractivity contribution in [1.29, 1.82) is 0 Å². The fourth-order valence-corrected chi connectivity index (χ4v) is 2.11. The van der Waals surface area contributed by atoms with E-state index in [1.54, 1.807) is 6.33 Å². The van der Waals surface area contributed by atoms with E-state index in [1.807, 2.05) is 12.4 Å². The second-order valence-corrected chi connectivity index (χ2v) is 4.62. The highest BCUT2D eigenvalue weighted by Crippen LogP contribution is 2.14. The largest absolute Gasteiger partial charge is 0.312 e. The summed E-state index contributed by atoms with van der Waals surface area (Å²) in [7, 11) is 2.20. The van der Waals surface area contributed by atoms with E-state index in [0.29, 0.717) is 0 Å². The van der Waals surface area contributed by atoms with Gasteiger partial charge in [0.2, 0.25) is 0 Å². The summed E-state index contributed by atoms with van der Waals surface area (Å²) in [5.74, 6) is 0.834. The van der Waals surface area contributed by atoms with Crippen molar-refractivity contribution in [3.8, 4) is 0 Å². The summed E-state index contributed by atoms with van der Waals surface area (Å²) in [6.07, 6.45) is 7.94. The number of nitrogens with zero attached hydrogens (tertiary/aromatic N) is 3. The number of likely N-dealkylation sites (tertiary alicyclic amines) is 1. The third kappa shape index (κ3) is 3.54. The van der Waals surface area contributed by atoms with Crippen LogP contribution < -0.4 is 5.32 Å². The van der Waals surface area contributed by atoms with Gasteiger partial charge in [-0.2, -0.15) is 0 Å². The fourth-order valence-electron chi connectivity index (χ4n) is 2.11. The van der Waals surface area contributed by atoms with Crippen LogP contribution in [0, 0.1) is 5.92 Å². The average Bonchev–Trinajstić information content (AvgIpc) is 2.33. The number of piperidine rings is 1. The molecule has 0 amide bonds. The summed E-state index contributed by atoms with van der Waals surface area (Å²) < 4.78 is 0. The van der Waals surface area contributed by atoms with Gasteiger partial charge in [0, 0.05) is 24.5 Å². The Labute approximate surface area is 97.1 Å². The van der Waals surface area contributed by atoms with Gasteiger partial charge >= 0.3 is 0 Å². The van der Waals surface area contributed by atoms with E-state index in [2.05, 4.69) is 27.2 Å². The molecule has 1 fully saturated rings. The molecule has 4 heteroatoms. The maximum absolute atomic E-state index is 4.00. The van der Waals surface area contributed by atoms with Crippen LogP contribution in [0.5, 0.6) is 0 Å². The van der Waals surface area contributed by atoms with Crippen LogP contribution in [-0.2, 0) is 6.54 Å². The maximum Gasteiger partial charge on any atom is 0.115 e. The van der Waals surface area contributed by atoms with Crippen LogP contribution in [0.15, 0.2) is 18.7 Å². The first kappa shape index (κ1) is 11.5. The number of hydrogen-bond donors (Lipinski definition) is 1. The fraction of sp³-hybridized carbons (Fsp3) is 0.667. The molecule has 0 aliphatic carbocycles. The van der Waals surface area contributed by atoms with Crippen molar-refractivity contribution in [2.75, 3.05) is 26.7 Å². The van der Waals surface area contributed by atoms with Crippen LogP contribution in [0.3, 0.4) is 0 Å². The third-order valence-corrected chi connectivity index (χ3v) is 3.21. The molecule has 0 bridgehead atoms. The average molecular weight is 220 g/mol. The minimum atomic E-state index is 0.834. The molecule has 2 heterocycles. The lowest BCUT2D eigenvalue weighted by atomic mass is 9.97. The molecule has 1 aliphatic rings. The van der Waals surface area contributed by atoms with Gasteiger partial charge in [-0.15, -0.1) is 0 Å². The molecule has 1 aromatic rings. The lowest BCUT2D eigenvalue weighted by molar-refractivity contribution is 0.216. The molecule has 88 valence electrons. The molecule has 0 aromatic carbocycles. The van der Waals surface area contributed by atoms with Crippen molar-refractivity contribution in [2.24, 2.45) is 5.92 Å². The van der Waals surface area contributed by atoms with Crippen LogP contribution in [0.4, 0.5) is 0 Å². The lowest BCUT2D eigenvalue weighted by Gasteiger charge is -2.29. The van der Waals surface area contributed by atoms with Crippen LogP contribution >= 0.6 is 0 Å². The Bertz CT molecular complexity index is 293. The zero-order chi connectivity index (χ0) is 11.2. The standard InChI is InChI=1S/C12H20N4/c1-16-4-2-11(3-5-16)6-13-7-12-8-14-10-15-9-12/h8-11,13H,2-7H2,1H3. The SMILES string of the molecule is CN1CCC(CNCc2cncnc2)CC1. The second-order valence-electron chi connectivity index (χ2n) is 4.62. The zero-order valence-corrected chi connectivity index (χ0v) is 9.89. The normalized spacial score (nSPS) is 18.8. The van der Waals surface area contributed by atoms with Crippen molar-refractivity contribution in [2.45, 2.75) is 19.4 Å². The van der Waals surface area contributed by atoms with E-state index >= 15 is 0 Å². The van der Waals surface area contributed by atoms with Gasteiger partial charge in [-0.05, 0) is 45.4 Å². The summed E-state index contributed by atoms with van der Waals surface area (Å²) in [4.78, 5) is 10.4. The van der Waals surface area contributed by atoms with Crippen LogP contribution in [0.2, 0.25) is 0 Å². The molecule has 1 N–H and O–H groups in total. The van der Waals surface area contributed by atoms with Gasteiger partial charge in [0.1, 0.15) is 6.33 Å². The Morgan fingerprint density at radius 2 is 2.00 bits per heavy atom. The van der Waals surface area contributed by atoms with Gasteiger partial charge in [0.15, 0.2) is 0 Å². The Hall–Kier alpha value is -1.00. The molecule has 1 aromatic heterocycles. The van der Waals surface area contributed by atoms with E-state index in [-0.39, 0.29) is 0 Å². The van der Waals surface area contributed by atoms with Crippen LogP contribution in [0.1, 0.15) is 18.4 Å². The Kier molecular flexibility index (Phi) is 4.25. The highest BCUT2D eigenvalue weighted by Gasteiger charge is 2.15. The minimum absolute atomic E-state index is 0.834. The number of rotatable bonds is 4. The van der Waals surface area contributed by atoms with Crippen molar-refractivity contribution < 1.29 is 0 Å². The third-order valence-electron chi connectivity index (χ3n) is 3.21. The number of nitrogens with one attached hydrogen (secondary N) is 1. The molecule has 2 rings (SSSR count). The van der Waals surface area contributed by atoms with Gasteiger partial charge < -0.3 is 10.2 Å². The van der Waals surface area contributed by atoms with Gasteiger partial charge in [-0.3, -0.25) is 0 Å². The van der Waals surface area contributed by atoms with E-state index in [1.165, 1.54) is 25.9 Å². The molecule has 1 aliphatic heterocycles. The topological polar surface area (TPSA) is 41.0 Å². The van der Waals surface area contributed by atoms with E-state index in [0.717, 1.165) is 24.6 Å². The van der Waals surface area contributed by atoms with Crippen LogP contribution in [-0.4, -0.2) is 41.5 Å². The molecule has 0 unspecified atom stereocenters. The first-order chi connectivity index (χ1) is 7.84. The second kappa shape index (κ2) is 5.92. The highest BCUT2D eigenvalue weighted by atomic mass is 15.1. The predicted molar refractivity (Wildman–Crippen MR) is 64.0 cm³/mol. The van der Waals surface area contributed by atoms with E-state index in [4.69, 9.17) is 0 Å². The summed E-state index contributed by atoms with van der Waals surface area (Å²) in [6, 6.07) is 0. The minimum Gasteiger partial charge on any atom is -0.312 e. The molecule has 0 spiro atoms. The molecule has 0 radical (unpaired) electrons. The van der Waals surface area contributed by atoms with E-state index in [9.17, 15) is 0 Å². The smallest absolute Gasteiger partial charge is 0.115 e. The van der Waals surface area contributed by atoms with Gasteiger partial charge in [0.25, 0.3) is 0 Å². The first-order valence-electron chi connectivity index (χ1n) is 5.98. The highest BCUT2D eigenvalue weighted by molar-refractivity contribution is 5.01. The lowest BCUT2D eigenvalue weighted by Crippen LogP contribution is -2.34. The van der Waals surface area contributed by atoms with Gasteiger partial charge in [-0.1, -0.05) is 0 Å². The summed E-state index contributed by atoms with van der Waals surface area (Å²) in [5, 5.41) is 3.49. The molecular weight excluding hydrogens is 200 g/mol. The molecule has 0 atom stereocenters. The summed E-state index contributed by atoms with van der Waals surface area (Å²) >= 11 is 0. The van der Waals surface area contributed by atoms with Crippen LogP contribution in [0.25, 0.3) is 0 Å². The quantitative estimate of drug-likeness (QED) is 0.819. The Morgan fingerprint density at radius 1 is 1.31 bits per heavy atom. The molecule has 1 saturated heterocycles. The summed E-state index contributed by atoms with van der Waals surface area (Å²) in [6.45, 7) is 4.47. The summed E-state index contributed by atoms with van der Waals surface area (Å²) in [5.41, 5.74) is 1.16. The molecule has 0 saturated carbocycles. The molecular formula is C12H20N4. The number of hydrogen-bond acceptors (Lipinski definition) is 4. The predicted octanol–water partition coefficient (Wildman–Crippen LogP) is 0.908. The first-order valence-corrected chi connectivity index (χ1v) is 5.98. The zero-order valence-electron chi connectivity index (χ0n) is 9.89. The van der Waals surface area contributed by atoms with Crippen molar-refractivity contribution >= 4 is 0 Å². The van der Waals surface area contributed by atoms with E-state index < -0.39 is 0 Å². The maximum atomic E-state index is 4.00. The van der Waals surface area contributed by atoms with Crippen molar-refractivity contribution in [3.05, 3.63) is 24.3 Å². The Balaban J connectivity index is 1.65. The molecule has 4 nitrogen and oxygen atoms in total. The number of aromatic nitrogens is 2.